The predicted molar refractivity (Wildman–Crippen MR) is 94.1 cm³/mol. The fourth-order valence-electron chi connectivity index (χ4n) is 2.16. The Kier molecular flexibility index (Phi) is 5.08. The van der Waals surface area contributed by atoms with E-state index in [1.807, 2.05) is 6.92 Å². The first kappa shape index (κ1) is 18.5. The van der Waals surface area contributed by atoms with Gasteiger partial charge in [-0.05, 0) is 26.0 Å². The number of nitrogens with one attached hydrogen (secondary N) is 1. The van der Waals surface area contributed by atoms with Crippen molar-refractivity contribution in [3.8, 4) is 0 Å². The van der Waals surface area contributed by atoms with Crippen molar-refractivity contribution < 1.29 is 18.7 Å². The van der Waals surface area contributed by atoms with Gasteiger partial charge in [0.25, 0.3) is 0 Å². The average molecular weight is 396 g/mol. The summed E-state index contributed by atoms with van der Waals surface area (Å²) in [7, 11) is 0. The molecule has 2 heterocycles. The Morgan fingerprint density at radius 1 is 1.27 bits per heavy atom. The number of carbonyl (C=O) groups is 1. The minimum atomic E-state index is -1.45. The van der Waals surface area contributed by atoms with E-state index in [-0.39, 0.29) is 15.7 Å². The van der Waals surface area contributed by atoms with E-state index >= 15 is 0 Å². The maximum Gasteiger partial charge on any atom is 0.230 e. The monoisotopic (exact) mass is 396 g/mol. The van der Waals surface area contributed by atoms with Crippen LogP contribution in [0, 0.1) is 18.6 Å². The summed E-state index contributed by atoms with van der Waals surface area (Å²) in [6, 6.07) is 3.40. The largest absolute Gasteiger partial charge is 0.376 e. The zero-order valence-corrected chi connectivity index (χ0v) is 15.4. The lowest BCUT2D eigenvalue weighted by molar-refractivity contribution is -0.115. The molecule has 26 heavy (non-hydrogen) atoms. The highest BCUT2D eigenvalue weighted by molar-refractivity contribution is 7.16. The van der Waals surface area contributed by atoms with Gasteiger partial charge in [0.2, 0.25) is 11.0 Å². The molecule has 1 amide bonds. The summed E-state index contributed by atoms with van der Waals surface area (Å²) in [5, 5.41) is 23.4. The van der Waals surface area contributed by atoms with Crippen LogP contribution in [0.3, 0.4) is 0 Å². The molecule has 0 fully saturated rings. The summed E-state index contributed by atoms with van der Waals surface area (Å²) in [5.41, 5.74) is -0.993. The van der Waals surface area contributed by atoms with Crippen molar-refractivity contribution in [3.05, 3.63) is 56.5 Å². The van der Waals surface area contributed by atoms with E-state index < -0.39 is 29.6 Å². The van der Waals surface area contributed by atoms with Crippen LogP contribution in [0.1, 0.15) is 28.2 Å². The van der Waals surface area contributed by atoms with Crippen molar-refractivity contribution in [2.24, 2.45) is 0 Å². The van der Waals surface area contributed by atoms with E-state index in [0.717, 1.165) is 29.2 Å². The SMILES string of the molecule is Cc1csc(C(C)(O)c2nnc(NC(=O)Cc3c(F)cccc3F)s2)n1. The number of aromatic nitrogens is 3. The molecule has 0 aliphatic rings. The Labute approximate surface area is 155 Å². The Hall–Kier alpha value is -2.30. The maximum absolute atomic E-state index is 13.6. The number of aryl methyl sites for hydroxylation is 1. The van der Waals surface area contributed by atoms with Crippen molar-refractivity contribution in [2.75, 3.05) is 5.32 Å². The van der Waals surface area contributed by atoms with Gasteiger partial charge in [0.05, 0.1) is 6.42 Å². The number of nitrogens with zero attached hydrogens (tertiary/aromatic N) is 3. The van der Waals surface area contributed by atoms with E-state index in [2.05, 4.69) is 20.5 Å². The average Bonchev–Trinajstić information content (AvgIpc) is 3.21. The number of rotatable bonds is 5. The zero-order chi connectivity index (χ0) is 18.9. The highest BCUT2D eigenvalue weighted by Gasteiger charge is 2.33. The lowest BCUT2D eigenvalue weighted by Gasteiger charge is -2.16. The molecular weight excluding hydrogens is 382 g/mol. The van der Waals surface area contributed by atoms with E-state index in [1.54, 1.807) is 5.38 Å². The number of carbonyl (C=O) groups excluding carboxylic acids is 1. The lowest BCUT2D eigenvalue weighted by Crippen LogP contribution is -2.22. The molecular formula is C16H14F2N4O2S2. The van der Waals surface area contributed by atoms with Crippen LogP contribution in [0.15, 0.2) is 23.6 Å². The summed E-state index contributed by atoms with van der Waals surface area (Å²) in [6.07, 6.45) is -0.477. The fraction of sp³-hybridized carbons (Fsp3) is 0.250. The van der Waals surface area contributed by atoms with Crippen molar-refractivity contribution >= 4 is 33.7 Å². The topological polar surface area (TPSA) is 88.0 Å². The first-order valence-electron chi connectivity index (χ1n) is 7.49. The first-order valence-corrected chi connectivity index (χ1v) is 9.18. The molecule has 6 nitrogen and oxygen atoms in total. The highest BCUT2D eigenvalue weighted by atomic mass is 32.1. The minimum absolute atomic E-state index is 0.121. The van der Waals surface area contributed by atoms with Gasteiger partial charge < -0.3 is 10.4 Å². The second kappa shape index (κ2) is 7.14. The number of amides is 1. The minimum Gasteiger partial charge on any atom is -0.376 e. The van der Waals surface area contributed by atoms with Gasteiger partial charge in [-0.15, -0.1) is 21.5 Å². The number of halogens is 2. The molecule has 0 bridgehead atoms. The molecule has 0 saturated carbocycles. The molecule has 0 saturated heterocycles. The molecule has 2 aromatic heterocycles. The van der Waals surface area contributed by atoms with E-state index in [0.29, 0.717) is 5.01 Å². The van der Waals surface area contributed by atoms with Crippen LogP contribution >= 0.6 is 22.7 Å². The van der Waals surface area contributed by atoms with Crippen LogP contribution in [0.5, 0.6) is 0 Å². The summed E-state index contributed by atoms with van der Waals surface area (Å²) in [5.74, 6) is -2.22. The number of hydrogen-bond acceptors (Lipinski definition) is 7. The Morgan fingerprint density at radius 2 is 1.96 bits per heavy atom. The summed E-state index contributed by atoms with van der Waals surface area (Å²) < 4.78 is 27.2. The zero-order valence-electron chi connectivity index (χ0n) is 13.8. The molecule has 1 aromatic carbocycles. The second-order valence-corrected chi connectivity index (χ2v) is 7.54. The van der Waals surface area contributed by atoms with E-state index in [1.165, 1.54) is 24.3 Å². The molecule has 3 rings (SSSR count). The van der Waals surface area contributed by atoms with Gasteiger partial charge in [0.15, 0.2) is 10.6 Å². The highest BCUT2D eigenvalue weighted by Crippen LogP contribution is 2.34. The molecule has 2 N–H and O–H groups in total. The summed E-state index contributed by atoms with van der Waals surface area (Å²) >= 11 is 2.25. The van der Waals surface area contributed by atoms with Gasteiger partial charge in [-0.25, -0.2) is 13.8 Å². The van der Waals surface area contributed by atoms with Crippen molar-refractivity contribution in [1.29, 1.82) is 0 Å². The Balaban J connectivity index is 1.73. The lowest BCUT2D eigenvalue weighted by atomic mass is 10.1. The molecule has 0 radical (unpaired) electrons. The number of hydrogen-bond donors (Lipinski definition) is 2. The molecule has 3 aromatic rings. The third-order valence-electron chi connectivity index (χ3n) is 3.52. The molecule has 0 aliphatic heterocycles. The maximum atomic E-state index is 13.6. The molecule has 136 valence electrons. The van der Waals surface area contributed by atoms with Crippen LogP contribution in [0.4, 0.5) is 13.9 Å². The van der Waals surface area contributed by atoms with Crippen LogP contribution < -0.4 is 5.32 Å². The molecule has 10 heteroatoms. The molecule has 1 unspecified atom stereocenters. The summed E-state index contributed by atoms with van der Waals surface area (Å²) in [4.78, 5) is 16.3. The van der Waals surface area contributed by atoms with Crippen LogP contribution in [-0.2, 0) is 16.8 Å². The van der Waals surface area contributed by atoms with Crippen molar-refractivity contribution in [3.63, 3.8) is 0 Å². The third kappa shape index (κ3) is 3.76. The number of thiazole rings is 1. The number of anilines is 1. The van der Waals surface area contributed by atoms with Crippen LogP contribution in [-0.4, -0.2) is 26.2 Å². The van der Waals surface area contributed by atoms with Crippen LogP contribution in [0.25, 0.3) is 0 Å². The van der Waals surface area contributed by atoms with Gasteiger partial charge in [0, 0.05) is 16.6 Å². The van der Waals surface area contributed by atoms with Gasteiger partial charge >= 0.3 is 0 Å². The van der Waals surface area contributed by atoms with Crippen LogP contribution in [0.2, 0.25) is 0 Å². The Morgan fingerprint density at radius 3 is 2.58 bits per heavy atom. The first-order chi connectivity index (χ1) is 12.3. The smallest absolute Gasteiger partial charge is 0.230 e. The summed E-state index contributed by atoms with van der Waals surface area (Å²) in [6.45, 7) is 3.34. The molecule has 0 aliphatic carbocycles. The molecule has 0 spiro atoms. The predicted octanol–water partition coefficient (Wildman–Crippen LogP) is 3.02. The molecule has 1 atom stereocenters. The normalized spacial score (nSPS) is 13.4. The number of benzene rings is 1. The third-order valence-corrected chi connectivity index (χ3v) is 5.74. The second-order valence-electron chi connectivity index (χ2n) is 5.70. The van der Waals surface area contributed by atoms with E-state index in [9.17, 15) is 18.7 Å². The standard InChI is InChI=1S/C16H14F2N4O2S2/c1-8-7-25-13(19-8)16(2,24)14-21-22-15(26-14)20-12(23)6-9-10(17)4-3-5-11(9)18/h3-5,7,24H,6H2,1-2H3,(H,20,22,23). The van der Waals surface area contributed by atoms with Gasteiger partial charge in [0.1, 0.15) is 16.6 Å². The fourth-order valence-corrected chi connectivity index (χ4v) is 3.89. The van der Waals surface area contributed by atoms with Gasteiger partial charge in [-0.1, -0.05) is 17.4 Å². The number of aliphatic hydroxyl groups is 1. The Bertz CT molecular complexity index is 935. The van der Waals surface area contributed by atoms with E-state index in [4.69, 9.17) is 0 Å². The van der Waals surface area contributed by atoms with Gasteiger partial charge in [-0.3, -0.25) is 4.79 Å². The van der Waals surface area contributed by atoms with Crippen molar-refractivity contribution in [1.82, 2.24) is 15.2 Å². The van der Waals surface area contributed by atoms with Gasteiger partial charge in [-0.2, -0.15) is 0 Å². The quantitative estimate of drug-likeness (QED) is 0.692. The van der Waals surface area contributed by atoms with Crippen molar-refractivity contribution in [2.45, 2.75) is 25.9 Å².